The van der Waals surface area contributed by atoms with Gasteiger partial charge >= 0.3 is 0 Å². The van der Waals surface area contributed by atoms with E-state index in [1.165, 1.54) is 12.1 Å². The highest BCUT2D eigenvalue weighted by Gasteiger charge is 2.51. The molecule has 2 aliphatic rings. The third-order valence-corrected chi connectivity index (χ3v) is 4.41. The van der Waals surface area contributed by atoms with Gasteiger partial charge in [0.15, 0.2) is 0 Å². The molecule has 2 heterocycles. The first-order valence-electron chi connectivity index (χ1n) is 6.85. The van der Waals surface area contributed by atoms with Crippen LogP contribution in [0, 0.1) is 15.5 Å². The number of amides is 2. The molecule has 110 valence electrons. The molecular formula is C14H15N3O4. The van der Waals surface area contributed by atoms with Crippen molar-refractivity contribution in [3.05, 3.63) is 39.9 Å². The normalized spacial score (nSPS) is 28.7. The quantitative estimate of drug-likeness (QED) is 0.481. The molecule has 2 atom stereocenters. The van der Waals surface area contributed by atoms with Crippen LogP contribution in [0.15, 0.2) is 24.3 Å². The second kappa shape index (κ2) is 4.92. The summed E-state index contributed by atoms with van der Waals surface area (Å²) < 4.78 is 0. The van der Waals surface area contributed by atoms with E-state index in [4.69, 9.17) is 0 Å². The van der Waals surface area contributed by atoms with Crippen molar-refractivity contribution in [2.45, 2.75) is 25.3 Å². The van der Waals surface area contributed by atoms with Crippen molar-refractivity contribution in [3.8, 4) is 0 Å². The Kier molecular flexibility index (Phi) is 3.21. The van der Waals surface area contributed by atoms with E-state index in [1.807, 2.05) is 0 Å². The van der Waals surface area contributed by atoms with E-state index in [0.717, 1.165) is 5.56 Å². The molecule has 2 N–H and O–H groups in total. The molecule has 1 aromatic carbocycles. The fraction of sp³-hybridized carbons (Fsp3) is 0.429. The van der Waals surface area contributed by atoms with Gasteiger partial charge in [-0.25, -0.2) is 0 Å². The van der Waals surface area contributed by atoms with Crippen molar-refractivity contribution in [1.82, 2.24) is 10.6 Å². The molecule has 3 rings (SSSR count). The van der Waals surface area contributed by atoms with Crippen LogP contribution in [0.1, 0.15) is 30.9 Å². The van der Waals surface area contributed by atoms with Gasteiger partial charge in [0, 0.05) is 24.6 Å². The van der Waals surface area contributed by atoms with Gasteiger partial charge in [-0.2, -0.15) is 0 Å². The summed E-state index contributed by atoms with van der Waals surface area (Å²) in [4.78, 5) is 33.9. The van der Waals surface area contributed by atoms with Gasteiger partial charge in [0.25, 0.3) is 5.69 Å². The van der Waals surface area contributed by atoms with E-state index in [2.05, 4.69) is 10.6 Å². The second-order valence-corrected chi connectivity index (χ2v) is 5.52. The lowest BCUT2D eigenvalue weighted by molar-refractivity contribution is -0.384. The number of carbonyl (C=O) groups is 2. The predicted molar refractivity (Wildman–Crippen MR) is 73.3 cm³/mol. The summed E-state index contributed by atoms with van der Waals surface area (Å²) in [5, 5.41) is 16.4. The highest BCUT2D eigenvalue weighted by Crippen LogP contribution is 2.46. The first-order valence-corrected chi connectivity index (χ1v) is 6.85. The highest BCUT2D eigenvalue weighted by molar-refractivity contribution is 6.01. The van der Waals surface area contributed by atoms with Gasteiger partial charge in [0.05, 0.1) is 10.3 Å². The Morgan fingerprint density at radius 3 is 2.52 bits per heavy atom. The fourth-order valence-electron chi connectivity index (χ4n) is 3.28. The van der Waals surface area contributed by atoms with Crippen molar-refractivity contribution in [2.24, 2.45) is 5.41 Å². The van der Waals surface area contributed by atoms with Crippen molar-refractivity contribution in [2.75, 3.05) is 6.54 Å². The summed E-state index contributed by atoms with van der Waals surface area (Å²) in [7, 11) is 0. The smallest absolute Gasteiger partial charge is 0.269 e. The largest absolute Gasteiger partial charge is 0.309 e. The summed E-state index contributed by atoms with van der Waals surface area (Å²) in [5.41, 5.74) is 0.223. The molecule has 21 heavy (non-hydrogen) atoms. The first kappa shape index (κ1) is 13.7. The molecule has 0 bridgehead atoms. The van der Waals surface area contributed by atoms with E-state index in [1.54, 1.807) is 12.1 Å². The number of benzene rings is 1. The minimum absolute atomic E-state index is 0.0223. The number of piperidine rings is 1. The number of non-ortho nitro benzene ring substituents is 1. The molecule has 2 aliphatic heterocycles. The first-order chi connectivity index (χ1) is 10.0. The molecule has 1 aromatic rings. The molecule has 2 amide bonds. The lowest BCUT2D eigenvalue weighted by atomic mass is 9.71. The molecule has 0 aliphatic carbocycles. The van der Waals surface area contributed by atoms with Crippen LogP contribution in [0.4, 0.5) is 5.69 Å². The summed E-state index contributed by atoms with van der Waals surface area (Å²) >= 11 is 0. The number of nitrogens with zero attached hydrogens (tertiary/aromatic N) is 1. The van der Waals surface area contributed by atoms with Crippen LogP contribution in [0.25, 0.3) is 0 Å². The maximum absolute atomic E-state index is 12.3. The number of nitro groups is 1. The zero-order valence-electron chi connectivity index (χ0n) is 11.3. The van der Waals surface area contributed by atoms with E-state index < -0.39 is 10.3 Å². The van der Waals surface area contributed by atoms with Crippen LogP contribution < -0.4 is 10.6 Å². The van der Waals surface area contributed by atoms with E-state index in [9.17, 15) is 19.7 Å². The van der Waals surface area contributed by atoms with E-state index in [-0.39, 0.29) is 23.5 Å². The molecule has 0 radical (unpaired) electrons. The minimum atomic E-state index is -0.635. The molecule has 7 nitrogen and oxygen atoms in total. The number of carbonyl (C=O) groups excluding carboxylic acids is 2. The van der Waals surface area contributed by atoms with Gasteiger partial charge in [0.2, 0.25) is 11.8 Å². The Morgan fingerprint density at radius 1 is 1.19 bits per heavy atom. The Balaban J connectivity index is 1.92. The third-order valence-electron chi connectivity index (χ3n) is 4.41. The minimum Gasteiger partial charge on any atom is -0.309 e. The lowest BCUT2D eigenvalue weighted by Gasteiger charge is -2.36. The van der Waals surface area contributed by atoms with Crippen LogP contribution >= 0.6 is 0 Å². The Morgan fingerprint density at radius 2 is 1.90 bits per heavy atom. The fourth-order valence-corrected chi connectivity index (χ4v) is 3.28. The lowest BCUT2D eigenvalue weighted by Crippen LogP contribution is -2.50. The van der Waals surface area contributed by atoms with E-state index in [0.29, 0.717) is 25.8 Å². The molecule has 7 heteroatoms. The van der Waals surface area contributed by atoms with Crippen molar-refractivity contribution < 1.29 is 14.5 Å². The van der Waals surface area contributed by atoms with E-state index >= 15 is 0 Å². The molecule has 2 saturated heterocycles. The summed E-state index contributed by atoms with van der Waals surface area (Å²) in [5.74, 6) is -0.480. The van der Waals surface area contributed by atoms with Gasteiger partial charge in [0.1, 0.15) is 0 Å². The van der Waals surface area contributed by atoms with Crippen molar-refractivity contribution in [1.29, 1.82) is 0 Å². The van der Waals surface area contributed by atoms with Crippen LogP contribution in [0.2, 0.25) is 0 Å². The van der Waals surface area contributed by atoms with Crippen LogP contribution in [0.3, 0.4) is 0 Å². The molecule has 1 spiro atoms. The van der Waals surface area contributed by atoms with Crippen LogP contribution in [0.5, 0.6) is 0 Å². The second-order valence-electron chi connectivity index (χ2n) is 5.52. The molecular weight excluding hydrogens is 274 g/mol. The Hall–Kier alpha value is -2.28. The van der Waals surface area contributed by atoms with Gasteiger partial charge in [-0.15, -0.1) is 0 Å². The van der Waals surface area contributed by atoms with Gasteiger partial charge in [-0.05, 0) is 24.9 Å². The Labute approximate surface area is 120 Å². The standard InChI is InChI=1S/C14H15N3O4/c18-11-5-6-14(13(19)16-11)7-8-15-12(14)9-1-3-10(4-2-9)17(20)21/h1-4,12,15H,5-8H2,(H,16,18,19). The van der Waals surface area contributed by atoms with Crippen molar-refractivity contribution in [3.63, 3.8) is 0 Å². The molecule has 0 aromatic heterocycles. The number of nitrogens with one attached hydrogen (secondary N) is 2. The average Bonchev–Trinajstić information content (AvgIpc) is 2.88. The summed E-state index contributed by atoms with van der Waals surface area (Å²) in [6.45, 7) is 0.684. The maximum atomic E-state index is 12.3. The van der Waals surface area contributed by atoms with Gasteiger partial charge in [-0.3, -0.25) is 25.0 Å². The number of hydrogen-bond donors (Lipinski definition) is 2. The zero-order chi connectivity index (χ0) is 15.0. The van der Waals surface area contributed by atoms with Gasteiger partial charge < -0.3 is 5.32 Å². The maximum Gasteiger partial charge on any atom is 0.269 e. The molecule has 0 saturated carbocycles. The molecule has 2 unspecified atom stereocenters. The zero-order valence-corrected chi connectivity index (χ0v) is 11.3. The number of hydrogen-bond acceptors (Lipinski definition) is 5. The molecule has 2 fully saturated rings. The number of imide groups is 1. The Bertz CT molecular complexity index is 613. The topological polar surface area (TPSA) is 101 Å². The monoisotopic (exact) mass is 289 g/mol. The summed E-state index contributed by atoms with van der Waals surface area (Å²) in [6.07, 6.45) is 1.50. The average molecular weight is 289 g/mol. The SMILES string of the molecule is O=C1CCC2(CCNC2c2ccc([N+](=O)[O-])cc2)C(=O)N1. The van der Waals surface area contributed by atoms with Gasteiger partial charge in [-0.1, -0.05) is 12.1 Å². The third kappa shape index (κ3) is 2.19. The van der Waals surface area contributed by atoms with Crippen molar-refractivity contribution >= 4 is 17.5 Å². The predicted octanol–water partition coefficient (Wildman–Crippen LogP) is 1.05. The number of rotatable bonds is 2. The van der Waals surface area contributed by atoms with Crippen LogP contribution in [-0.4, -0.2) is 23.3 Å². The number of nitro benzene ring substituents is 1. The highest BCUT2D eigenvalue weighted by atomic mass is 16.6. The summed E-state index contributed by atoms with van der Waals surface area (Å²) in [6, 6.07) is 6.01. The van der Waals surface area contributed by atoms with Crippen LogP contribution in [-0.2, 0) is 9.59 Å².